The third kappa shape index (κ3) is 8.66. The summed E-state index contributed by atoms with van der Waals surface area (Å²) in [7, 11) is -1.76. The Morgan fingerprint density at radius 3 is 2.19 bits per heavy atom. The predicted octanol–water partition coefficient (Wildman–Crippen LogP) is 12.1. The summed E-state index contributed by atoms with van der Waals surface area (Å²) in [5, 5.41) is 2.66. The van der Waals surface area contributed by atoms with Crippen molar-refractivity contribution in [1.29, 1.82) is 0 Å². The molecule has 0 saturated heterocycles. The molecule has 0 aliphatic rings. The molecule has 0 saturated carbocycles. The van der Waals surface area contributed by atoms with Gasteiger partial charge in [0.2, 0.25) is 0 Å². The molecule has 3 aromatic heterocycles. The molecule has 3 heterocycles. The van der Waals surface area contributed by atoms with Crippen molar-refractivity contribution in [2.24, 2.45) is 0 Å². The average molecular weight is 896 g/mol. The Bertz CT molecular complexity index is 2840. The van der Waals surface area contributed by atoms with Crippen LogP contribution in [0.4, 0.5) is 0 Å². The number of benzene rings is 5. The summed E-state index contributed by atoms with van der Waals surface area (Å²) in [4.78, 5) is 8.93. The molecule has 0 N–H and O–H groups in total. The van der Waals surface area contributed by atoms with Gasteiger partial charge in [0.1, 0.15) is 5.58 Å². The topological polar surface area (TPSA) is 38.9 Å². The average Bonchev–Trinajstić information content (AvgIpc) is 3.61. The largest absolute Gasteiger partial charge is 0.501 e. The maximum atomic E-state index is 8.84. The van der Waals surface area contributed by atoms with Crippen LogP contribution in [0.5, 0.6) is 0 Å². The van der Waals surface area contributed by atoms with E-state index >= 15 is 0 Å². The van der Waals surface area contributed by atoms with Gasteiger partial charge in [-0.1, -0.05) is 142 Å². The first kappa shape index (κ1) is 25.9. The van der Waals surface area contributed by atoms with Crippen LogP contribution in [0.15, 0.2) is 150 Å². The van der Waals surface area contributed by atoms with Gasteiger partial charge in [0.05, 0.1) is 13.7 Å². The first-order valence-electron chi connectivity index (χ1n) is 22.5. The first-order valence-corrected chi connectivity index (χ1v) is 20.5. The van der Waals surface area contributed by atoms with Gasteiger partial charge in [0.15, 0.2) is 0 Å². The molecule has 5 aromatic carbocycles. The van der Waals surface area contributed by atoms with Crippen LogP contribution in [0, 0.1) is 12.1 Å². The minimum Gasteiger partial charge on any atom is -0.501 e. The molecule has 8 aromatic rings. The molecule has 0 atom stereocenters. The Labute approximate surface area is 344 Å². The van der Waals surface area contributed by atoms with Crippen molar-refractivity contribution in [3.8, 4) is 33.6 Å². The Hall–Kier alpha value is -4.93. The fourth-order valence-electron chi connectivity index (χ4n) is 6.08. The van der Waals surface area contributed by atoms with Crippen molar-refractivity contribution in [3.05, 3.63) is 175 Å². The quantitative estimate of drug-likeness (QED) is 0.123. The van der Waals surface area contributed by atoms with Crippen LogP contribution >= 0.6 is 0 Å². The molecule has 53 heavy (non-hydrogen) atoms. The zero-order valence-corrected chi connectivity index (χ0v) is 32.9. The van der Waals surface area contributed by atoms with E-state index in [1.807, 2.05) is 121 Å². The van der Waals surface area contributed by atoms with Crippen LogP contribution < -0.4 is 5.19 Å². The van der Waals surface area contributed by atoms with E-state index in [1.54, 1.807) is 6.07 Å². The number of aromatic nitrogens is 2. The number of hydrogen-bond acceptors (Lipinski definition) is 3. The maximum Gasteiger partial charge on any atom is 0.121 e. The van der Waals surface area contributed by atoms with E-state index in [2.05, 4.69) is 41.7 Å². The molecule has 0 bridgehead atoms. The molecule has 0 aliphatic carbocycles. The molecular formula is C48H44IrN2OSi-2. The number of rotatable bonds is 6. The van der Waals surface area contributed by atoms with Crippen LogP contribution in [0.2, 0.25) is 19.6 Å². The second-order valence-corrected chi connectivity index (χ2v) is 18.6. The number of hydrogen-bond donors (Lipinski definition) is 0. The molecule has 1 radical (unpaired) electrons. The summed E-state index contributed by atoms with van der Waals surface area (Å²) < 4.78 is 96.1. The van der Waals surface area contributed by atoms with E-state index in [1.165, 1.54) is 12.3 Å². The Kier molecular flexibility index (Phi) is 7.82. The minimum absolute atomic E-state index is 0. The minimum atomic E-state index is -3.37. The van der Waals surface area contributed by atoms with Crippen LogP contribution in [-0.4, -0.2) is 18.0 Å². The summed E-state index contributed by atoms with van der Waals surface area (Å²) in [6, 6.07) is 46.7. The predicted molar refractivity (Wildman–Crippen MR) is 221 cm³/mol. The summed E-state index contributed by atoms with van der Waals surface area (Å²) >= 11 is 0. The number of furan rings is 1. The molecule has 0 unspecified atom stereocenters. The molecular weight excluding hydrogens is 841 g/mol. The van der Waals surface area contributed by atoms with Crippen molar-refractivity contribution >= 4 is 35.2 Å². The third-order valence-electron chi connectivity index (χ3n) is 8.74. The number of nitrogens with zero attached hydrogens (tertiary/aromatic N) is 2. The van der Waals surface area contributed by atoms with E-state index in [4.69, 9.17) is 19.5 Å². The van der Waals surface area contributed by atoms with Gasteiger partial charge in [-0.15, -0.1) is 54.1 Å². The standard InChI is InChI=1S/C27H22NO.C21H22NSi.Ir/c1-27(2,3)20-14-15-28-24(17-20)23-11-7-10-22-21-13-12-19(16-25(21)29-26(22)23)18-8-5-4-6-9-18;1-23(2,3)21-16-22-20(18-12-8-5-9-13-18)15-19(21)14-17-10-6-4-7-11-17;/h4-10,12-17H,1-3H3;4-12,15-16H,14H2,1-3H3;/q2*-1;/i1D3,2D3,3D3;14D2;. The molecule has 0 spiro atoms. The SMILES string of the molecule is [2H]C([2H])([2H])C(c1ccnc(-c2[c-]ccc3c2oc2cc(-c4ccccc4)ccc23)c1)(C([2H])([2H])[2H])C([2H])([2H])[2H].[2H]C([2H])(c1ccccc1)c1cc(-c2[c-]cccc2)ncc1[Si](C)(C)C.[Ir]. The van der Waals surface area contributed by atoms with Crippen LogP contribution in [-0.2, 0) is 31.9 Å². The smallest absolute Gasteiger partial charge is 0.121 e. The fraction of sp³-hybridized carbons (Fsp3) is 0.167. The van der Waals surface area contributed by atoms with E-state index < -0.39 is 40.4 Å². The van der Waals surface area contributed by atoms with E-state index in [9.17, 15) is 0 Å². The molecule has 3 nitrogen and oxygen atoms in total. The molecule has 267 valence electrons. The van der Waals surface area contributed by atoms with Crippen molar-refractivity contribution in [1.82, 2.24) is 9.97 Å². The fourth-order valence-corrected chi connectivity index (χ4v) is 7.47. The van der Waals surface area contributed by atoms with Gasteiger partial charge in [-0.2, -0.15) is 0 Å². The van der Waals surface area contributed by atoms with Gasteiger partial charge < -0.3 is 14.4 Å². The monoisotopic (exact) mass is 896 g/mol. The Balaban J connectivity index is 0.000000227. The van der Waals surface area contributed by atoms with Gasteiger partial charge in [-0.05, 0) is 62.7 Å². The van der Waals surface area contributed by atoms with Gasteiger partial charge in [0, 0.05) is 53.0 Å². The number of pyridine rings is 2. The summed E-state index contributed by atoms with van der Waals surface area (Å²) in [6.45, 7) is -3.43. The van der Waals surface area contributed by atoms with Crippen molar-refractivity contribution < 1.29 is 39.6 Å². The number of fused-ring (bicyclic) bond motifs is 3. The summed E-state index contributed by atoms with van der Waals surface area (Å²) in [5.41, 5.74) is 3.05. The van der Waals surface area contributed by atoms with Crippen molar-refractivity contribution in [2.75, 3.05) is 0 Å². The first-order chi connectivity index (χ1) is 29.6. The van der Waals surface area contributed by atoms with E-state index in [-0.39, 0.29) is 31.4 Å². The molecule has 8 rings (SSSR count). The van der Waals surface area contributed by atoms with Crippen molar-refractivity contribution in [3.63, 3.8) is 0 Å². The molecule has 5 heteroatoms. The van der Waals surface area contributed by atoms with Gasteiger partial charge in [-0.25, -0.2) is 0 Å². The Morgan fingerprint density at radius 1 is 0.717 bits per heavy atom. The zero-order valence-electron chi connectivity index (χ0n) is 40.5. The maximum absolute atomic E-state index is 8.84. The van der Waals surface area contributed by atoms with Crippen molar-refractivity contribution in [2.45, 2.75) is 52.0 Å². The van der Waals surface area contributed by atoms with Gasteiger partial charge in [0.25, 0.3) is 0 Å². The molecule has 0 aliphatic heterocycles. The van der Waals surface area contributed by atoms with Crippen LogP contribution in [0.3, 0.4) is 0 Å². The molecule has 0 amide bonds. The Morgan fingerprint density at radius 2 is 1.47 bits per heavy atom. The van der Waals surface area contributed by atoms with E-state index in [0.717, 1.165) is 50.0 Å². The normalized spacial score (nSPS) is 15.6. The second kappa shape index (κ2) is 16.0. The molecule has 0 fully saturated rings. The van der Waals surface area contributed by atoms with Crippen LogP contribution in [0.1, 0.15) is 52.3 Å². The third-order valence-corrected chi connectivity index (χ3v) is 10.8. The second-order valence-electron chi connectivity index (χ2n) is 13.6. The zero-order chi connectivity index (χ0) is 45.6. The van der Waals surface area contributed by atoms with Crippen LogP contribution in [0.25, 0.3) is 55.6 Å². The summed E-state index contributed by atoms with van der Waals surface area (Å²) in [6.07, 6.45) is 1.52. The van der Waals surface area contributed by atoms with E-state index in [0.29, 0.717) is 22.3 Å². The van der Waals surface area contributed by atoms with Gasteiger partial charge >= 0.3 is 0 Å². The summed E-state index contributed by atoms with van der Waals surface area (Å²) in [5.74, 6) is 0. The van der Waals surface area contributed by atoms with Gasteiger partial charge in [-0.3, -0.25) is 0 Å².